The van der Waals surface area contributed by atoms with Gasteiger partial charge in [0.25, 0.3) is 0 Å². The van der Waals surface area contributed by atoms with Gasteiger partial charge in [-0.15, -0.1) is 0 Å². The monoisotopic (exact) mass is 330 g/mol. The molecule has 6 heteroatoms. The van der Waals surface area contributed by atoms with Crippen molar-refractivity contribution in [1.82, 2.24) is 0 Å². The Bertz CT molecular complexity index is 463. The van der Waals surface area contributed by atoms with E-state index in [0.29, 0.717) is 17.2 Å². The molecule has 0 saturated heterocycles. The molecule has 5 nitrogen and oxygen atoms in total. The van der Waals surface area contributed by atoms with E-state index in [1.807, 2.05) is 0 Å². The van der Waals surface area contributed by atoms with E-state index in [-0.39, 0.29) is 17.9 Å². The Morgan fingerprint density at radius 1 is 1.26 bits per heavy atom. The lowest BCUT2D eigenvalue weighted by Gasteiger charge is -2.17. The van der Waals surface area contributed by atoms with Crippen LogP contribution in [-0.4, -0.2) is 26.2 Å². The zero-order valence-electron chi connectivity index (χ0n) is 11.5. The molecule has 0 aliphatic heterocycles. The maximum Gasteiger partial charge on any atom is 0.228 e. The molecule has 2 unspecified atom stereocenters. The molecule has 19 heavy (non-hydrogen) atoms. The van der Waals surface area contributed by atoms with Crippen molar-refractivity contribution in [3.05, 3.63) is 16.6 Å². The lowest BCUT2D eigenvalue weighted by molar-refractivity contribution is -0.119. The van der Waals surface area contributed by atoms with Crippen LogP contribution in [0.2, 0.25) is 0 Å². The van der Waals surface area contributed by atoms with Crippen molar-refractivity contribution in [3.8, 4) is 11.5 Å². The summed E-state index contributed by atoms with van der Waals surface area (Å²) < 4.78 is 11.1. The molecule has 0 fully saturated rings. The summed E-state index contributed by atoms with van der Waals surface area (Å²) in [5, 5.41) is 2.82. The Labute approximate surface area is 121 Å². The average Bonchev–Trinajstić information content (AvgIpc) is 2.39. The van der Waals surface area contributed by atoms with Crippen molar-refractivity contribution in [2.24, 2.45) is 11.7 Å². The summed E-state index contributed by atoms with van der Waals surface area (Å²) in [4.78, 5) is 12.0. The van der Waals surface area contributed by atoms with Crippen LogP contribution < -0.4 is 20.5 Å². The van der Waals surface area contributed by atoms with Crippen LogP contribution in [-0.2, 0) is 4.79 Å². The van der Waals surface area contributed by atoms with E-state index in [0.717, 1.165) is 4.47 Å². The van der Waals surface area contributed by atoms with E-state index < -0.39 is 0 Å². The van der Waals surface area contributed by atoms with Gasteiger partial charge in [0.2, 0.25) is 5.91 Å². The third-order valence-corrected chi connectivity index (χ3v) is 3.59. The molecule has 0 aromatic heterocycles. The fourth-order valence-electron chi connectivity index (χ4n) is 1.44. The van der Waals surface area contributed by atoms with Crippen molar-refractivity contribution in [2.75, 3.05) is 19.5 Å². The van der Waals surface area contributed by atoms with Gasteiger partial charge in [0.15, 0.2) is 11.5 Å². The van der Waals surface area contributed by atoms with Crippen molar-refractivity contribution in [2.45, 2.75) is 19.9 Å². The third-order valence-electron chi connectivity index (χ3n) is 2.93. The summed E-state index contributed by atoms with van der Waals surface area (Å²) in [6.07, 6.45) is 0. The van der Waals surface area contributed by atoms with E-state index in [1.165, 1.54) is 0 Å². The van der Waals surface area contributed by atoms with Gasteiger partial charge in [0, 0.05) is 22.6 Å². The Hall–Kier alpha value is -1.27. The molecule has 1 aromatic carbocycles. The van der Waals surface area contributed by atoms with Gasteiger partial charge in [0.05, 0.1) is 25.8 Å². The number of amides is 1. The molecule has 3 N–H and O–H groups in total. The number of ether oxygens (including phenoxy) is 2. The molecule has 106 valence electrons. The minimum atomic E-state index is -0.278. The fourth-order valence-corrected chi connectivity index (χ4v) is 1.86. The van der Waals surface area contributed by atoms with Crippen LogP contribution in [0.5, 0.6) is 11.5 Å². The summed E-state index contributed by atoms with van der Waals surface area (Å²) in [5.41, 5.74) is 6.33. The Kier molecular flexibility index (Phi) is 5.62. The standard InChI is InChI=1S/C13H19BrN2O3/c1-7(8(2)15)13(17)16-10-6-12(19-4)11(18-3)5-9(10)14/h5-8H,15H2,1-4H3,(H,16,17). The quantitative estimate of drug-likeness (QED) is 0.869. The first-order chi connectivity index (χ1) is 8.90. The summed E-state index contributed by atoms with van der Waals surface area (Å²) in [6, 6.07) is 3.23. The number of halogens is 1. The third kappa shape index (κ3) is 3.84. The van der Waals surface area contributed by atoms with E-state index in [4.69, 9.17) is 15.2 Å². The number of hydrogen-bond donors (Lipinski definition) is 2. The lowest BCUT2D eigenvalue weighted by atomic mass is 10.0. The molecular weight excluding hydrogens is 312 g/mol. The Morgan fingerprint density at radius 3 is 2.26 bits per heavy atom. The molecule has 0 bridgehead atoms. The number of nitrogens with two attached hydrogens (primary N) is 1. The lowest BCUT2D eigenvalue weighted by Crippen LogP contribution is -2.34. The molecule has 0 radical (unpaired) electrons. The molecule has 0 spiro atoms. The van der Waals surface area contributed by atoms with Gasteiger partial charge in [-0.1, -0.05) is 6.92 Å². The molecule has 0 heterocycles. The van der Waals surface area contributed by atoms with Gasteiger partial charge in [-0.25, -0.2) is 0 Å². The van der Waals surface area contributed by atoms with Crippen LogP contribution in [0.4, 0.5) is 5.69 Å². The number of anilines is 1. The number of carbonyl (C=O) groups is 1. The Morgan fingerprint density at radius 2 is 1.79 bits per heavy atom. The van der Waals surface area contributed by atoms with Crippen LogP contribution in [0, 0.1) is 5.92 Å². The second kappa shape index (κ2) is 6.77. The summed E-state index contributed by atoms with van der Waals surface area (Å²) >= 11 is 3.38. The second-order valence-electron chi connectivity index (χ2n) is 4.32. The Balaban J connectivity index is 2.99. The van der Waals surface area contributed by atoms with Crippen molar-refractivity contribution in [1.29, 1.82) is 0 Å². The molecule has 0 aliphatic carbocycles. The number of methoxy groups -OCH3 is 2. The van der Waals surface area contributed by atoms with Crippen molar-refractivity contribution >= 4 is 27.5 Å². The van der Waals surface area contributed by atoms with Crippen molar-refractivity contribution < 1.29 is 14.3 Å². The highest BCUT2D eigenvalue weighted by atomic mass is 79.9. The number of rotatable bonds is 5. The van der Waals surface area contributed by atoms with Crippen LogP contribution in [0.1, 0.15) is 13.8 Å². The van der Waals surface area contributed by atoms with Gasteiger partial charge in [-0.2, -0.15) is 0 Å². The highest BCUT2D eigenvalue weighted by Gasteiger charge is 2.19. The van der Waals surface area contributed by atoms with E-state index in [2.05, 4.69) is 21.2 Å². The first kappa shape index (κ1) is 15.8. The number of nitrogens with one attached hydrogen (secondary N) is 1. The average molecular weight is 331 g/mol. The number of benzene rings is 1. The van der Waals surface area contributed by atoms with Gasteiger partial charge >= 0.3 is 0 Å². The van der Waals surface area contributed by atoms with Crippen LogP contribution in [0.3, 0.4) is 0 Å². The van der Waals surface area contributed by atoms with E-state index in [9.17, 15) is 4.79 Å². The predicted molar refractivity (Wildman–Crippen MR) is 78.7 cm³/mol. The molecule has 0 saturated carbocycles. The highest BCUT2D eigenvalue weighted by molar-refractivity contribution is 9.10. The first-order valence-electron chi connectivity index (χ1n) is 5.88. The molecule has 2 atom stereocenters. The van der Waals surface area contributed by atoms with Gasteiger partial charge in [-0.05, 0) is 22.9 Å². The number of carbonyl (C=O) groups excluding carboxylic acids is 1. The minimum Gasteiger partial charge on any atom is -0.493 e. The second-order valence-corrected chi connectivity index (χ2v) is 5.18. The van der Waals surface area contributed by atoms with Gasteiger partial charge in [-0.3, -0.25) is 4.79 Å². The SMILES string of the molecule is COc1cc(Br)c(NC(=O)C(C)C(C)N)cc1OC. The van der Waals surface area contributed by atoms with E-state index in [1.54, 1.807) is 40.2 Å². The summed E-state index contributed by atoms with van der Waals surface area (Å²) in [6.45, 7) is 3.59. The van der Waals surface area contributed by atoms with Gasteiger partial charge < -0.3 is 20.5 Å². The van der Waals surface area contributed by atoms with Crippen molar-refractivity contribution in [3.63, 3.8) is 0 Å². The topological polar surface area (TPSA) is 73.6 Å². The van der Waals surface area contributed by atoms with Crippen LogP contribution in [0.25, 0.3) is 0 Å². The molecule has 0 aliphatic rings. The summed E-state index contributed by atoms with van der Waals surface area (Å²) in [7, 11) is 3.10. The predicted octanol–water partition coefficient (Wildman–Crippen LogP) is 2.39. The first-order valence-corrected chi connectivity index (χ1v) is 6.68. The number of hydrogen-bond acceptors (Lipinski definition) is 4. The highest BCUT2D eigenvalue weighted by Crippen LogP contribution is 2.36. The maximum atomic E-state index is 12.0. The molecule has 1 aromatic rings. The molecular formula is C13H19BrN2O3. The zero-order valence-corrected chi connectivity index (χ0v) is 13.1. The van der Waals surface area contributed by atoms with Crippen LogP contribution in [0.15, 0.2) is 16.6 Å². The summed E-state index contributed by atoms with van der Waals surface area (Å²) in [5.74, 6) is 0.727. The fraction of sp³-hybridized carbons (Fsp3) is 0.462. The van der Waals surface area contributed by atoms with E-state index >= 15 is 0 Å². The zero-order chi connectivity index (χ0) is 14.6. The van der Waals surface area contributed by atoms with Crippen LogP contribution >= 0.6 is 15.9 Å². The largest absolute Gasteiger partial charge is 0.493 e. The van der Waals surface area contributed by atoms with Gasteiger partial charge in [0.1, 0.15) is 0 Å². The molecule has 1 amide bonds. The minimum absolute atomic E-state index is 0.136. The maximum absolute atomic E-state index is 12.0. The normalized spacial score (nSPS) is 13.6. The molecule has 1 rings (SSSR count). The smallest absolute Gasteiger partial charge is 0.228 e.